The third-order valence-corrected chi connectivity index (χ3v) is 4.38. The summed E-state index contributed by atoms with van der Waals surface area (Å²) in [6, 6.07) is 9.63. The Bertz CT molecular complexity index is 430. The first-order valence-corrected chi connectivity index (χ1v) is 7.84. The number of amides is 1. The zero-order chi connectivity index (χ0) is 15.1. The number of methoxy groups -OCH3 is 1. The van der Waals surface area contributed by atoms with Gasteiger partial charge in [0.25, 0.3) is 5.91 Å². The van der Waals surface area contributed by atoms with Crippen LogP contribution in [0, 0.1) is 5.92 Å². The highest BCUT2D eigenvalue weighted by Crippen LogP contribution is 2.27. The molecule has 0 heterocycles. The second-order valence-corrected chi connectivity index (χ2v) is 5.78. The highest BCUT2D eigenvalue weighted by atomic mass is 16.5. The van der Waals surface area contributed by atoms with Crippen molar-refractivity contribution in [3.05, 3.63) is 35.9 Å². The standard InChI is InChI=1S/C17H26N2O2/c1-21-16(14-10-6-3-7-11-14)17(20)19-15(12-18)13-8-4-2-5-9-13/h3,6-7,10-11,13,15-16H,2,4-5,8-9,12,18H2,1H3,(H,19,20). The lowest BCUT2D eigenvalue weighted by Gasteiger charge is -2.31. The third kappa shape index (κ3) is 4.29. The molecule has 2 unspecified atom stereocenters. The average Bonchev–Trinajstić information content (AvgIpc) is 2.55. The Morgan fingerprint density at radius 2 is 1.95 bits per heavy atom. The van der Waals surface area contributed by atoms with Gasteiger partial charge in [-0.3, -0.25) is 4.79 Å². The van der Waals surface area contributed by atoms with E-state index in [-0.39, 0.29) is 11.9 Å². The molecule has 4 heteroatoms. The molecule has 1 aliphatic rings. The van der Waals surface area contributed by atoms with Crippen molar-refractivity contribution < 1.29 is 9.53 Å². The topological polar surface area (TPSA) is 64.3 Å². The lowest BCUT2D eigenvalue weighted by atomic mass is 9.84. The van der Waals surface area contributed by atoms with Gasteiger partial charge in [-0.2, -0.15) is 0 Å². The van der Waals surface area contributed by atoms with Crippen molar-refractivity contribution >= 4 is 5.91 Å². The van der Waals surface area contributed by atoms with Crippen LogP contribution in [-0.2, 0) is 9.53 Å². The van der Waals surface area contributed by atoms with Gasteiger partial charge in [0.2, 0.25) is 0 Å². The number of ether oxygens (including phenoxy) is 1. The molecule has 116 valence electrons. The number of carbonyl (C=O) groups excluding carboxylic acids is 1. The summed E-state index contributed by atoms with van der Waals surface area (Å²) in [5.74, 6) is 0.408. The van der Waals surface area contributed by atoms with Gasteiger partial charge in [-0.1, -0.05) is 49.6 Å². The molecule has 3 N–H and O–H groups in total. The van der Waals surface area contributed by atoms with E-state index in [4.69, 9.17) is 10.5 Å². The highest BCUT2D eigenvalue weighted by molar-refractivity contribution is 5.82. The van der Waals surface area contributed by atoms with Crippen LogP contribution in [0.5, 0.6) is 0 Å². The number of carbonyl (C=O) groups is 1. The molecule has 0 radical (unpaired) electrons. The summed E-state index contributed by atoms with van der Waals surface area (Å²) >= 11 is 0. The van der Waals surface area contributed by atoms with Crippen LogP contribution in [0.2, 0.25) is 0 Å². The number of hydrogen-bond acceptors (Lipinski definition) is 3. The Morgan fingerprint density at radius 1 is 1.29 bits per heavy atom. The van der Waals surface area contributed by atoms with E-state index >= 15 is 0 Å². The molecule has 1 aliphatic carbocycles. The molecule has 0 saturated heterocycles. The van der Waals surface area contributed by atoms with Crippen LogP contribution in [-0.4, -0.2) is 25.6 Å². The second-order valence-electron chi connectivity index (χ2n) is 5.78. The van der Waals surface area contributed by atoms with Crippen molar-refractivity contribution in [1.82, 2.24) is 5.32 Å². The van der Waals surface area contributed by atoms with Gasteiger partial charge >= 0.3 is 0 Å². The van der Waals surface area contributed by atoms with E-state index in [1.165, 1.54) is 19.3 Å². The van der Waals surface area contributed by atoms with E-state index in [1.807, 2.05) is 30.3 Å². The summed E-state index contributed by atoms with van der Waals surface area (Å²) in [6.07, 6.45) is 5.53. The highest BCUT2D eigenvalue weighted by Gasteiger charge is 2.27. The fourth-order valence-corrected chi connectivity index (χ4v) is 3.19. The molecule has 2 rings (SSSR count). The molecule has 21 heavy (non-hydrogen) atoms. The van der Waals surface area contributed by atoms with Gasteiger partial charge in [-0.05, 0) is 24.3 Å². The van der Waals surface area contributed by atoms with E-state index < -0.39 is 6.10 Å². The Hall–Kier alpha value is -1.39. The molecule has 1 fully saturated rings. The summed E-state index contributed by atoms with van der Waals surface area (Å²) in [4.78, 5) is 12.5. The maximum atomic E-state index is 12.5. The number of benzene rings is 1. The molecule has 4 nitrogen and oxygen atoms in total. The van der Waals surface area contributed by atoms with Crippen LogP contribution in [0.3, 0.4) is 0 Å². The van der Waals surface area contributed by atoms with Crippen molar-refractivity contribution in [3.63, 3.8) is 0 Å². The van der Waals surface area contributed by atoms with Crippen LogP contribution in [0.4, 0.5) is 0 Å². The van der Waals surface area contributed by atoms with Crippen LogP contribution in [0.15, 0.2) is 30.3 Å². The Labute approximate surface area is 127 Å². The molecule has 0 bridgehead atoms. The maximum Gasteiger partial charge on any atom is 0.254 e. The number of rotatable bonds is 6. The minimum absolute atomic E-state index is 0.0548. The van der Waals surface area contributed by atoms with Gasteiger partial charge in [0.1, 0.15) is 0 Å². The van der Waals surface area contributed by atoms with Crippen LogP contribution < -0.4 is 11.1 Å². The molecule has 0 aliphatic heterocycles. The molecular weight excluding hydrogens is 264 g/mol. The Kier molecular flexibility index (Phi) is 6.21. The third-order valence-electron chi connectivity index (χ3n) is 4.38. The van der Waals surface area contributed by atoms with Crippen molar-refractivity contribution in [2.24, 2.45) is 11.7 Å². The first kappa shape index (κ1) is 16.0. The lowest BCUT2D eigenvalue weighted by Crippen LogP contribution is -2.47. The van der Waals surface area contributed by atoms with Gasteiger partial charge in [0.05, 0.1) is 0 Å². The molecule has 0 aromatic heterocycles. The zero-order valence-electron chi connectivity index (χ0n) is 12.8. The van der Waals surface area contributed by atoms with E-state index in [2.05, 4.69) is 5.32 Å². The normalized spacial score (nSPS) is 19.0. The SMILES string of the molecule is COC(C(=O)NC(CN)C1CCCCC1)c1ccccc1. The predicted octanol–water partition coefficient (Wildman–Crippen LogP) is 2.40. The summed E-state index contributed by atoms with van der Waals surface area (Å²) in [6.45, 7) is 0.488. The molecule has 1 aromatic rings. The van der Waals surface area contributed by atoms with E-state index in [9.17, 15) is 4.79 Å². The quantitative estimate of drug-likeness (QED) is 0.845. The fraction of sp³-hybridized carbons (Fsp3) is 0.588. The smallest absolute Gasteiger partial charge is 0.254 e. The zero-order valence-corrected chi connectivity index (χ0v) is 12.8. The van der Waals surface area contributed by atoms with Crippen molar-refractivity contribution in [1.29, 1.82) is 0 Å². The van der Waals surface area contributed by atoms with Gasteiger partial charge in [-0.25, -0.2) is 0 Å². The summed E-state index contributed by atoms with van der Waals surface area (Å²) in [5.41, 5.74) is 6.75. The summed E-state index contributed by atoms with van der Waals surface area (Å²) in [5, 5.41) is 3.10. The average molecular weight is 290 g/mol. The fourth-order valence-electron chi connectivity index (χ4n) is 3.19. The number of hydrogen-bond donors (Lipinski definition) is 2. The van der Waals surface area contributed by atoms with Crippen molar-refractivity contribution in [2.45, 2.75) is 44.2 Å². The minimum Gasteiger partial charge on any atom is -0.367 e. The molecule has 0 spiro atoms. The number of nitrogens with one attached hydrogen (secondary N) is 1. The van der Waals surface area contributed by atoms with E-state index in [1.54, 1.807) is 7.11 Å². The largest absolute Gasteiger partial charge is 0.367 e. The monoisotopic (exact) mass is 290 g/mol. The van der Waals surface area contributed by atoms with Crippen molar-refractivity contribution in [3.8, 4) is 0 Å². The first-order valence-electron chi connectivity index (χ1n) is 7.84. The molecule has 1 saturated carbocycles. The van der Waals surface area contributed by atoms with Gasteiger partial charge in [-0.15, -0.1) is 0 Å². The Balaban J connectivity index is 2.00. The molecule has 1 aromatic carbocycles. The number of nitrogens with two attached hydrogens (primary N) is 1. The van der Waals surface area contributed by atoms with Gasteiger partial charge in [0, 0.05) is 19.7 Å². The minimum atomic E-state index is -0.566. The van der Waals surface area contributed by atoms with E-state index in [0.29, 0.717) is 12.5 Å². The summed E-state index contributed by atoms with van der Waals surface area (Å²) < 4.78 is 5.38. The van der Waals surface area contributed by atoms with Gasteiger partial charge in [0.15, 0.2) is 6.10 Å². The second kappa shape index (κ2) is 8.15. The Morgan fingerprint density at radius 3 is 2.52 bits per heavy atom. The molecular formula is C17H26N2O2. The van der Waals surface area contributed by atoms with Crippen molar-refractivity contribution in [2.75, 3.05) is 13.7 Å². The lowest BCUT2D eigenvalue weighted by molar-refractivity contribution is -0.132. The molecule has 1 amide bonds. The van der Waals surface area contributed by atoms with Gasteiger partial charge < -0.3 is 15.8 Å². The predicted molar refractivity (Wildman–Crippen MR) is 83.8 cm³/mol. The van der Waals surface area contributed by atoms with Crippen LogP contribution in [0.25, 0.3) is 0 Å². The van der Waals surface area contributed by atoms with Crippen LogP contribution in [0.1, 0.15) is 43.8 Å². The molecule has 2 atom stereocenters. The maximum absolute atomic E-state index is 12.5. The summed E-state index contributed by atoms with van der Waals surface area (Å²) in [7, 11) is 1.56. The van der Waals surface area contributed by atoms with E-state index in [0.717, 1.165) is 18.4 Å². The first-order chi connectivity index (χ1) is 10.3. The van der Waals surface area contributed by atoms with Crippen LogP contribution >= 0.6 is 0 Å².